The molecule has 0 aromatic carbocycles. The Morgan fingerprint density at radius 2 is 2.30 bits per heavy atom. The van der Waals surface area contributed by atoms with Crippen LogP contribution in [0.4, 0.5) is 0 Å². The fourth-order valence-corrected chi connectivity index (χ4v) is 1.47. The number of piperidine rings is 1. The summed E-state index contributed by atoms with van der Waals surface area (Å²) in [6.45, 7) is 6.76. The van der Waals surface area contributed by atoms with Crippen molar-refractivity contribution in [1.29, 1.82) is 0 Å². The van der Waals surface area contributed by atoms with Gasteiger partial charge in [0.15, 0.2) is 0 Å². The Morgan fingerprint density at radius 1 is 1.50 bits per heavy atom. The Balaban J connectivity index is 2.13. The molecule has 1 atom stereocenters. The van der Waals surface area contributed by atoms with Gasteiger partial charge in [0.05, 0.1) is 0 Å². The van der Waals surface area contributed by atoms with Crippen molar-refractivity contribution in [3.8, 4) is 0 Å². The van der Waals surface area contributed by atoms with Gasteiger partial charge >= 0.3 is 0 Å². The van der Waals surface area contributed by atoms with Gasteiger partial charge in [-0.1, -0.05) is 13.8 Å². The van der Waals surface area contributed by atoms with E-state index in [-0.39, 0.29) is 0 Å². The van der Waals surface area contributed by atoms with E-state index in [1.165, 1.54) is 19.4 Å². The SMILES string of the molecule is CC(C)N[C@@H]1CCCNC1. The predicted octanol–water partition coefficient (Wildman–Crippen LogP) is 0.736. The number of hydrogen-bond acceptors (Lipinski definition) is 2. The molecule has 10 heavy (non-hydrogen) atoms. The second-order valence-electron chi connectivity index (χ2n) is 3.36. The Morgan fingerprint density at radius 3 is 2.80 bits per heavy atom. The van der Waals surface area contributed by atoms with Crippen LogP contribution in [-0.4, -0.2) is 25.2 Å². The first kappa shape index (κ1) is 8.02. The van der Waals surface area contributed by atoms with E-state index in [1.54, 1.807) is 0 Å². The van der Waals surface area contributed by atoms with Gasteiger partial charge in [-0.2, -0.15) is 0 Å². The van der Waals surface area contributed by atoms with Crippen LogP contribution in [0.25, 0.3) is 0 Å². The predicted molar refractivity (Wildman–Crippen MR) is 44.2 cm³/mol. The third-order valence-electron chi connectivity index (χ3n) is 1.87. The Labute approximate surface area is 63.4 Å². The maximum atomic E-state index is 3.52. The first-order chi connectivity index (χ1) is 4.79. The zero-order valence-corrected chi connectivity index (χ0v) is 6.98. The van der Waals surface area contributed by atoms with Gasteiger partial charge in [-0.15, -0.1) is 0 Å². The molecule has 1 aliphatic heterocycles. The molecule has 2 nitrogen and oxygen atoms in total. The molecule has 1 heterocycles. The van der Waals surface area contributed by atoms with Crippen LogP contribution in [0.15, 0.2) is 0 Å². The highest BCUT2D eigenvalue weighted by molar-refractivity contribution is 4.75. The van der Waals surface area contributed by atoms with Gasteiger partial charge < -0.3 is 10.6 Å². The summed E-state index contributed by atoms with van der Waals surface area (Å²) in [6.07, 6.45) is 2.66. The average molecular weight is 142 g/mol. The first-order valence-electron chi connectivity index (χ1n) is 4.26. The molecule has 1 aliphatic rings. The summed E-state index contributed by atoms with van der Waals surface area (Å²) in [7, 11) is 0. The standard InChI is InChI=1S/C8H18N2/c1-7(2)10-8-4-3-5-9-6-8/h7-10H,3-6H2,1-2H3/t8-/m1/s1. The summed E-state index contributed by atoms with van der Waals surface area (Å²) in [6, 6.07) is 1.35. The van der Waals surface area contributed by atoms with Crippen LogP contribution >= 0.6 is 0 Å². The Bertz CT molecular complexity index is 85.3. The van der Waals surface area contributed by atoms with Crippen molar-refractivity contribution >= 4 is 0 Å². The second-order valence-corrected chi connectivity index (χ2v) is 3.36. The van der Waals surface area contributed by atoms with Gasteiger partial charge in [0.1, 0.15) is 0 Å². The van der Waals surface area contributed by atoms with Crippen LogP contribution in [-0.2, 0) is 0 Å². The molecule has 1 fully saturated rings. The lowest BCUT2D eigenvalue weighted by molar-refractivity contribution is 0.367. The van der Waals surface area contributed by atoms with Crippen molar-refractivity contribution < 1.29 is 0 Å². The number of nitrogens with one attached hydrogen (secondary N) is 2. The van der Waals surface area contributed by atoms with Crippen molar-refractivity contribution in [2.24, 2.45) is 0 Å². The highest BCUT2D eigenvalue weighted by Gasteiger charge is 2.12. The van der Waals surface area contributed by atoms with Crippen molar-refractivity contribution in [1.82, 2.24) is 10.6 Å². The highest BCUT2D eigenvalue weighted by atomic mass is 15.0. The Kier molecular flexibility index (Phi) is 3.16. The fourth-order valence-electron chi connectivity index (χ4n) is 1.47. The van der Waals surface area contributed by atoms with Gasteiger partial charge in [-0.25, -0.2) is 0 Å². The molecule has 0 radical (unpaired) electrons. The maximum Gasteiger partial charge on any atom is 0.0195 e. The van der Waals surface area contributed by atoms with E-state index in [2.05, 4.69) is 24.5 Å². The second kappa shape index (κ2) is 3.94. The normalized spacial score (nSPS) is 27.3. The van der Waals surface area contributed by atoms with Gasteiger partial charge in [-0.3, -0.25) is 0 Å². The lowest BCUT2D eigenvalue weighted by Crippen LogP contribution is -2.45. The number of rotatable bonds is 2. The van der Waals surface area contributed by atoms with Crippen LogP contribution in [0.5, 0.6) is 0 Å². The topological polar surface area (TPSA) is 24.1 Å². The van der Waals surface area contributed by atoms with Crippen molar-refractivity contribution in [3.05, 3.63) is 0 Å². The van der Waals surface area contributed by atoms with E-state index < -0.39 is 0 Å². The molecule has 0 unspecified atom stereocenters. The van der Waals surface area contributed by atoms with E-state index in [9.17, 15) is 0 Å². The minimum absolute atomic E-state index is 0.630. The summed E-state index contributed by atoms with van der Waals surface area (Å²) in [4.78, 5) is 0. The van der Waals surface area contributed by atoms with Gasteiger partial charge in [0.25, 0.3) is 0 Å². The molecule has 0 aromatic heterocycles. The van der Waals surface area contributed by atoms with E-state index in [0.29, 0.717) is 12.1 Å². The van der Waals surface area contributed by atoms with Crippen LogP contribution in [0, 0.1) is 0 Å². The minimum atomic E-state index is 0.630. The third kappa shape index (κ3) is 2.67. The van der Waals surface area contributed by atoms with Crippen molar-refractivity contribution in [2.75, 3.05) is 13.1 Å². The molecule has 0 amide bonds. The zero-order valence-electron chi connectivity index (χ0n) is 6.98. The zero-order chi connectivity index (χ0) is 7.40. The smallest absolute Gasteiger partial charge is 0.0195 e. The molecule has 0 saturated carbocycles. The lowest BCUT2D eigenvalue weighted by atomic mass is 10.1. The van der Waals surface area contributed by atoms with E-state index in [0.717, 1.165) is 6.54 Å². The van der Waals surface area contributed by atoms with E-state index in [4.69, 9.17) is 0 Å². The summed E-state index contributed by atoms with van der Waals surface area (Å²) < 4.78 is 0. The summed E-state index contributed by atoms with van der Waals surface area (Å²) in [5.41, 5.74) is 0. The molecule has 2 N–H and O–H groups in total. The molecule has 1 saturated heterocycles. The molecule has 1 rings (SSSR count). The Hall–Kier alpha value is -0.0800. The van der Waals surface area contributed by atoms with Crippen LogP contribution in [0.2, 0.25) is 0 Å². The summed E-state index contributed by atoms with van der Waals surface area (Å²) >= 11 is 0. The summed E-state index contributed by atoms with van der Waals surface area (Å²) in [5.74, 6) is 0. The maximum absolute atomic E-state index is 3.52. The van der Waals surface area contributed by atoms with Gasteiger partial charge in [-0.05, 0) is 19.4 Å². The van der Waals surface area contributed by atoms with Crippen molar-refractivity contribution in [2.45, 2.75) is 38.8 Å². The molecule has 0 spiro atoms. The molecule has 0 aromatic rings. The largest absolute Gasteiger partial charge is 0.315 e. The molecule has 0 bridgehead atoms. The average Bonchev–Trinajstić information content (AvgIpc) is 1.88. The molecule has 60 valence electrons. The highest BCUT2D eigenvalue weighted by Crippen LogP contribution is 2.01. The van der Waals surface area contributed by atoms with Gasteiger partial charge in [0, 0.05) is 18.6 Å². The summed E-state index contributed by atoms with van der Waals surface area (Å²) in [5, 5.41) is 6.90. The van der Waals surface area contributed by atoms with Crippen molar-refractivity contribution in [3.63, 3.8) is 0 Å². The monoisotopic (exact) mass is 142 g/mol. The molecule has 2 heteroatoms. The lowest BCUT2D eigenvalue weighted by Gasteiger charge is -2.25. The van der Waals surface area contributed by atoms with Crippen LogP contribution in [0.3, 0.4) is 0 Å². The minimum Gasteiger partial charge on any atom is -0.315 e. The van der Waals surface area contributed by atoms with E-state index in [1.807, 2.05) is 0 Å². The quantitative estimate of drug-likeness (QED) is 0.594. The first-order valence-corrected chi connectivity index (χ1v) is 4.26. The van der Waals surface area contributed by atoms with Crippen LogP contribution < -0.4 is 10.6 Å². The molecular formula is C8H18N2. The molecule has 0 aliphatic carbocycles. The van der Waals surface area contributed by atoms with Crippen LogP contribution in [0.1, 0.15) is 26.7 Å². The third-order valence-corrected chi connectivity index (χ3v) is 1.87. The van der Waals surface area contributed by atoms with E-state index >= 15 is 0 Å². The number of hydrogen-bond donors (Lipinski definition) is 2. The van der Waals surface area contributed by atoms with Gasteiger partial charge in [0.2, 0.25) is 0 Å². The molecular weight excluding hydrogens is 124 g/mol. The fraction of sp³-hybridized carbons (Fsp3) is 1.00.